The second-order valence-corrected chi connectivity index (χ2v) is 55.5. The second-order valence-electron chi connectivity index (χ2n) is 36.2. The summed E-state index contributed by atoms with van der Waals surface area (Å²) >= 11 is 7.93. The summed E-state index contributed by atoms with van der Waals surface area (Å²) in [7, 11) is -5.66. The third kappa shape index (κ3) is 57.4. The Bertz CT molecular complexity index is 3860. The average molecular weight is 1980 g/mol. The van der Waals surface area contributed by atoms with Crippen LogP contribution in [0.1, 0.15) is 232 Å². The fraction of sp³-hybridized carbons (Fsp3) is 0.674. The van der Waals surface area contributed by atoms with Gasteiger partial charge in [0.05, 0.1) is 88.2 Å². The third-order valence-electron chi connectivity index (χ3n) is 19.2. The van der Waals surface area contributed by atoms with Crippen molar-refractivity contribution in [1.29, 1.82) is 5.26 Å². The van der Waals surface area contributed by atoms with Crippen LogP contribution in [-0.4, -0.2) is 213 Å². The van der Waals surface area contributed by atoms with Crippen molar-refractivity contribution in [2.24, 2.45) is 14.5 Å². The molecule has 128 heavy (non-hydrogen) atoms. The number of ether oxygens (including phenoxy) is 6. The van der Waals surface area contributed by atoms with Crippen LogP contribution in [0.25, 0.3) is 9.69 Å². The summed E-state index contributed by atoms with van der Waals surface area (Å²) in [5.74, 6) is 2.36. The van der Waals surface area contributed by atoms with Gasteiger partial charge in [-0.1, -0.05) is 155 Å². The van der Waals surface area contributed by atoms with Crippen LogP contribution in [0.15, 0.2) is 98.9 Å². The molecule has 3 aromatic carbocycles. The standard InChI is InChI=1S/C20H27NO2S.C14H21NO2S.C12H22BrNSi2.C8H5N3S.C7H13NO2S.C6H15N.C4H11NOS.2C4H8O.C4H6O.C4H9.C3H4O2.CN.CH4O.3CH4.Li.Na/c1-18(2,3)24(22)15-19(13-23-14-19)17-8-6-16(7-9-17)12-20(21-4)10-5-11-20;1-13(2,3)18(16)10-14(8-17-9-14)11-4-6-12(15)7-5-11;1-15(2,3)14(16(4,5)6)12-9-7-11(13)8-10-12;1-6-3-7(11-5-12)4-10-8(6)9-2;1-7(2,3)11(9)8-6-4-10-5-6;1-4-7(5-2)6-3;1-4(2,3)7(5)6;2*1-2-4-5-3-1;5-4-2-1-3-4;1-3-4-2;4-3-1-5-2-3;2*1-2;;;;;/h6-9H,5,10-15H2,1-3H3;4-7H,8-10,15H2,1-3H3;7-10H,1-6H3;3-4H,1H3;4-5H2,1-3H3;4-6H2,1-3H3;5H2,1-3H3;2*1-4H2;1-3H2;1,3-4H2,2H3;1-2H2;;2H,1H3;3*1H4;;/q;;;;;;;;;;-1;;-1;;;;;2*+1. The molecule has 0 spiro atoms. The number of carbonyl (C=O) groups is 2. The van der Waals surface area contributed by atoms with Gasteiger partial charge in [0, 0.05) is 118 Å². The number of nitrogens with zero attached hydrogens (tertiary/aromatic N) is 8. The number of pyridine rings is 1. The largest absolute Gasteiger partial charge is 1.00 e. The van der Waals surface area contributed by atoms with Gasteiger partial charge in [0.1, 0.15) is 58.3 Å². The molecule has 2 saturated carbocycles. The number of anilines is 2. The van der Waals surface area contributed by atoms with Gasteiger partial charge in [-0.05, 0) is 225 Å². The van der Waals surface area contributed by atoms with Crippen LogP contribution in [0, 0.1) is 38.8 Å². The first kappa shape index (κ1) is 137. The van der Waals surface area contributed by atoms with E-state index in [9.17, 15) is 26.4 Å². The zero-order chi connectivity index (χ0) is 94.5. The maximum Gasteiger partial charge on any atom is 1.00 e. The number of hydrogen-bond donors (Lipinski definition) is 3. The molecule has 33 heteroatoms. The monoisotopic (exact) mass is 1980 g/mol. The number of unbranched alkanes of at least 4 members (excludes halogenated alkanes) is 1. The minimum atomic E-state index is -1.30. The van der Waals surface area contributed by atoms with E-state index >= 15 is 0 Å². The summed E-state index contributed by atoms with van der Waals surface area (Å²) in [6, 6.07) is 27.0. The Labute approximate surface area is 837 Å². The Morgan fingerprint density at radius 2 is 1.00 bits per heavy atom. The van der Waals surface area contributed by atoms with Crippen molar-refractivity contribution in [1.82, 2.24) is 9.88 Å². The Kier molecular flexibility index (Phi) is 77.2. The molecule has 4 atom stereocenters. The molecule has 0 bridgehead atoms. The van der Waals surface area contributed by atoms with Gasteiger partial charge in [-0.3, -0.25) is 23.1 Å². The first-order valence-corrected chi connectivity index (χ1v) is 55.5. The van der Waals surface area contributed by atoms with Gasteiger partial charge < -0.3 is 76.8 Å². The first-order chi connectivity index (χ1) is 57.5. The summed E-state index contributed by atoms with van der Waals surface area (Å²) in [6.07, 6.45) is 15.8. The van der Waals surface area contributed by atoms with Crippen LogP contribution < -0.4 is 63.5 Å². The molecule has 2 aliphatic carbocycles. The molecule has 8 fully saturated rings. The smallest absolute Gasteiger partial charge is 0.512 e. The average Bonchev–Trinajstić information content (AvgIpc) is 1.13. The number of isothiocyanates is 1. The number of aromatic nitrogens is 1. The number of aliphatic hydroxyl groups is 1. The quantitative estimate of drug-likeness (QED) is 0.0291. The molecule has 0 radical (unpaired) electrons. The Morgan fingerprint density at radius 3 is 1.21 bits per heavy atom. The number of aliphatic hydroxyl groups excluding tert-OH is 1. The van der Waals surface area contributed by atoms with Crippen LogP contribution >= 0.6 is 28.1 Å². The molecule has 4 aromatic rings. The maximum atomic E-state index is 12.6. The molecule has 6 saturated heterocycles. The van der Waals surface area contributed by atoms with E-state index in [1.807, 2.05) is 114 Å². The molecular formula is C95H165BrLiN10NaO13S5Si2. The van der Waals surface area contributed by atoms with Gasteiger partial charge in [-0.25, -0.2) is 15.0 Å². The molecule has 720 valence electrons. The summed E-state index contributed by atoms with van der Waals surface area (Å²) in [6.45, 7) is 82.9. The van der Waals surface area contributed by atoms with E-state index in [4.69, 9.17) is 64.6 Å². The SMILES string of the molecule is C.C.C.C1CCOC1.C1CCOC1.CC(C)(C)S(=O)CC1(c2ccc(N)cc2)COC1.CC(C)(C)S(=O)N=C1COC1.CC(C)(C)S(N)=O.CCN(CC)CC.CO.C[Si](C)(C)N(c1ccc(Br)cc1)[Si](C)(C)C.O=C1CCC1.O=C1COC1.[C-]#N.[C-]#[N+]C1(Cc2ccc(C3(CS(=O)C(C)(C)C)COC3)cc2)CCC1.[C-]#[N+]c1ncc(N=C=S)cc1C.[CH2-]CCC.[Li+].[Na+]. The summed E-state index contributed by atoms with van der Waals surface area (Å²) < 4.78 is 83.8. The normalized spacial score (nSPS) is 16.6. The van der Waals surface area contributed by atoms with Crippen molar-refractivity contribution in [3.63, 3.8) is 0 Å². The van der Waals surface area contributed by atoms with Crippen molar-refractivity contribution in [3.05, 3.63) is 148 Å². The number of carbonyl (C=O) groups excluding carboxylic acids is 2. The second kappa shape index (κ2) is 71.9. The number of nitrogens with two attached hydrogens (primary N) is 2. The number of rotatable bonds is 17. The Balaban J connectivity index is -0.000000258. The number of benzene rings is 3. The zero-order valence-electron chi connectivity index (χ0n) is 81.0. The fourth-order valence-electron chi connectivity index (χ4n) is 11.3. The number of aryl methyl sites for hydroxylation is 1. The number of ketones is 2. The van der Waals surface area contributed by atoms with Crippen molar-refractivity contribution < 1.29 is 108 Å². The predicted octanol–water partition coefficient (Wildman–Crippen LogP) is 15.4. The Hall–Kier alpha value is -3.56. The summed E-state index contributed by atoms with van der Waals surface area (Å²) in [4.78, 5) is 36.8. The number of hydrogen-bond acceptors (Lipinski definition) is 20. The molecule has 0 amide bonds. The molecule has 23 nitrogen and oxygen atoms in total. The van der Waals surface area contributed by atoms with E-state index in [0.29, 0.717) is 81.6 Å². The van der Waals surface area contributed by atoms with Crippen LogP contribution in [0.2, 0.25) is 39.3 Å². The molecule has 6 aliphatic heterocycles. The van der Waals surface area contributed by atoms with Crippen LogP contribution in [0.5, 0.6) is 0 Å². The van der Waals surface area contributed by atoms with Crippen molar-refractivity contribution in [2.45, 2.75) is 298 Å². The molecule has 1 aromatic heterocycles. The molecule has 12 rings (SSSR count). The number of aliphatic imine (C=N–C) groups is 1. The van der Waals surface area contributed by atoms with Gasteiger partial charge in [-0.2, -0.15) is 15.8 Å². The third-order valence-corrected chi connectivity index (χ3v) is 34.1. The van der Waals surface area contributed by atoms with E-state index in [0.717, 1.165) is 99.9 Å². The van der Waals surface area contributed by atoms with Gasteiger partial charge in [0.15, 0.2) is 5.78 Å². The molecule has 8 aliphatic rings. The summed E-state index contributed by atoms with van der Waals surface area (Å²) in [5.41, 5.74) is 13.5. The molecular weight excluding hydrogens is 1820 g/mol. The number of halogens is 1. The van der Waals surface area contributed by atoms with Crippen LogP contribution in [0.3, 0.4) is 0 Å². The van der Waals surface area contributed by atoms with Gasteiger partial charge in [0.25, 0.3) is 5.82 Å². The first-order valence-electron chi connectivity index (χ1n) is 42.4. The topological polar surface area (TPSA) is 307 Å². The van der Waals surface area contributed by atoms with Crippen molar-refractivity contribution in [2.75, 3.05) is 127 Å². The maximum absolute atomic E-state index is 12.6. The van der Waals surface area contributed by atoms with Crippen molar-refractivity contribution >= 4 is 134 Å². The van der Waals surface area contributed by atoms with Gasteiger partial charge >= 0.3 is 48.4 Å². The van der Waals surface area contributed by atoms with E-state index in [2.05, 4.69) is 194 Å². The summed E-state index contributed by atoms with van der Waals surface area (Å²) in [5, 5.41) is 20.5. The van der Waals surface area contributed by atoms with E-state index in [1.165, 1.54) is 86.7 Å². The zero-order valence-corrected chi connectivity index (χ0v) is 90.7. The molecule has 5 N–H and O–H groups in total. The fourth-order valence-corrected chi connectivity index (χ4v) is 24.7. The molecule has 7 heterocycles. The minimum absolute atomic E-state index is 0. The minimum Gasteiger partial charge on any atom is -0.512 e. The van der Waals surface area contributed by atoms with Crippen LogP contribution in [0.4, 0.5) is 22.9 Å². The predicted molar refractivity (Wildman–Crippen MR) is 548 cm³/mol. The van der Waals surface area contributed by atoms with E-state index in [1.54, 1.807) is 6.07 Å². The number of nitrogen functional groups attached to an aromatic ring is 1. The van der Waals surface area contributed by atoms with Gasteiger partial charge in [0.2, 0.25) is 5.54 Å². The number of thiocarbonyl (C=S) groups is 1. The van der Waals surface area contributed by atoms with Crippen molar-refractivity contribution in [3.8, 4) is 0 Å². The number of Topliss-reactive ketones (excluding diaryl/α,β-unsaturated/α-hetero) is 2. The molecule has 4 unspecified atom stereocenters. The van der Waals surface area contributed by atoms with E-state index in [-0.39, 0.29) is 112 Å². The Morgan fingerprint density at radius 1 is 0.625 bits per heavy atom. The van der Waals surface area contributed by atoms with Gasteiger partial charge in [-0.15, -0.1) is 4.98 Å². The van der Waals surface area contributed by atoms with Crippen LogP contribution in [-0.2, 0) is 98.8 Å². The van der Waals surface area contributed by atoms with E-state index < -0.39 is 60.0 Å².